The van der Waals surface area contributed by atoms with Gasteiger partial charge in [0.15, 0.2) is 11.5 Å². The van der Waals surface area contributed by atoms with Crippen molar-refractivity contribution in [1.82, 2.24) is 15.1 Å². The Labute approximate surface area is 124 Å². The van der Waals surface area contributed by atoms with Crippen LogP contribution in [-0.4, -0.2) is 38.2 Å². The first-order valence-corrected chi connectivity index (χ1v) is 6.61. The molecule has 0 aliphatic heterocycles. The van der Waals surface area contributed by atoms with Crippen LogP contribution in [0.5, 0.6) is 17.2 Å². The summed E-state index contributed by atoms with van der Waals surface area (Å²) in [5.41, 5.74) is 1.85. The molecule has 1 N–H and O–H groups in total. The molecule has 1 unspecified atom stereocenters. The third-order valence-corrected chi connectivity index (χ3v) is 3.37. The smallest absolute Gasteiger partial charge is 0.164 e. The molecule has 1 heterocycles. The van der Waals surface area contributed by atoms with Crippen LogP contribution in [0.1, 0.15) is 17.3 Å². The molecular weight excluding hydrogens is 270 g/mol. The van der Waals surface area contributed by atoms with Crippen LogP contribution >= 0.6 is 0 Å². The van der Waals surface area contributed by atoms with Crippen LogP contribution in [0.4, 0.5) is 0 Å². The van der Waals surface area contributed by atoms with E-state index in [2.05, 4.69) is 10.4 Å². The third-order valence-electron chi connectivity index (χ3n) is 3.37. The summed E-state index contributed by atoms with van der Waals surface area (Å²) in [6.07, 6.45) is 1.91. The van der Waals surface area contributed by atoms with Gasteiger partial charge in [0.2, 0.25) is 0 Å². The monoisotopic (exact) mass is 291 g/mol. The van der Waals surface area contributed by atoms with E-state index in [1.807, 2.05) is 38.5 Å². The Bertz CT molecular complexity index is 610. The molecule has 2 aromatic rings. The minimum Gasteiger partial charge on any atom is -0.496 e. The van der Waals surface area contributed by atoms with Crippen LogP contribution in [0.15, 0.2) is 24.4 Å². The highest BCUT2D eigenvalue weighted by Gasteiger charge is 2.22. The van der Waals surface area contributed by atoms with E-state index in [9.17, 15) is 0 Å². The summed E-state index contributed by atoms with van der Waals surface area (Å²) < 4.78 is 17.9. The minimum atomic E-state index is -0.0963. The van der Waals surface area contributed by atoms with Crippen molar-refractivity contribution in [3.63, 3.8) is 0 Å². The largest absolute Gasteiger partial charge is 0.496 e. The average Bonchev–Trinajstić information content (AvgIpc) is 2.93. The van der Waals surface area contributed by atoms with Gasteiger partial charge in [-0.3, -0.25) is 4.68 Å². The van der Waals surface area contributed by atoms with Crippen molar-refractivity contribution in [3.8, 4) is 17.2 Å². The lowest BCUT2D eigenvalue weighted by Gasteiger charge is -2.20. The first kappa shape index (κ1) is 15.2. The zero-order valence-electron chi connectivity index (χ0n) is 13.0. The fraction of sp³-hybridized carbons (Fsp3) is 0.400. The van der Waals surface area contributed by atoms with E-state index in [0.717, 1.165) is 17.0 Å². The molecule has 0 radical (unpaired) electrons. The Kier molecular flexibility index (Phi) is 4.70. The van der Waals surface area contributed by atoms with Gasteiger partial charge in [0.25, 0.3) is 0 Å². The highest BCUT2D eigenvalue weighted by Crippen LogP contribution is 2.38. The summed E-state index contributed by atoms with van der Waals surface area (Å²) >= 11 is 0. The van der Waals surface area contributed by atoms with Gasteiger partial charge in [-0.15, -0.1) is 0 Å². The first-order valence-electron chi connectivity index (χ1n) is 6.61. The molecule has 0 spiro atoms. The summed E-state index contributed by atoms with van der Waals surface area (Å²) in [5, 5.41) is 7.72. The lowest BCUT2D eigenvalue weighted by Crippen LogP contribution is -2.19. The number of aryl methyl sites for hydroxylation is 1. The maximum absolute atomic E-state index is 5.49. The summed E-state index contributed by atoms with van der Waals surface area (Å²) in [7, 11) is 8.63. The molecule has 0 aliphatic rings. The van der Waals surface area contributed by atoms with E-state index in [-0.39, 0.29) is 6.04 Å². The van der Waals surface area contributed by atoms with Gasteiger partial charge in [0.05, 0.1) is 33.1 Å². The summed E-state index contributed by atoms with van der Waals surface area (Å²) in [6.45, 7) is 0. The highest BCUT2D eigenvalue weighted by molar-refractivity contribution is 5.53. The molecule has 114 valence electrons. The summed E-state index contributed by atoms with van der Waals surface area (Å²) in [5.74, 6) is 2.01. The number of nitrogens with zero attached hydrogens (tertiary/aromatic N) is 2. The molecule has 2 rings (SSSR count). The van der Waals surface area contributed by atoms with E-state index in [4.69, 9.17) is 14.2 Å². The Balaban J connectivity index is 2.54. The molecular formula is C15H21N3O3. The van der Waals surface area contributed by atoms with Gasteiger partial charge in [-0.25, -0.2) is 0 Å². The second-order valence-electron chi connectivity index (χ2n) is 4.59. The first-order chi connectivity index (χ1) is 10.1. The van der Waals surface area contributed by atoms with Crippen LogP contribution in [0.25, 0.3) is 0 Å². The second-order valence-corrected chi connectivity index (χ2v) is 4.59. The van der Waals surface area contributed by atoms with Crippen molar-refractivity contribution in [2.45, 2.75) is 6.04 Å². The van der Waals surface area contributed by atoms with Crippen molar-refractivity contribution < 1.29 is 14.2 Å². The quantitative estimate of drug-likeness (QED) is 0.879. The van der Waals surface area contributed by atoms with Crippen molar-refractivity contribution in [2.75, 3.05) is 28.4 Å². The fourth-order valence-corrected chi connectivity index (χ4v) is 2.33. The number of hydrogen-bond donors (Lipinski definition) is 1. The van der Waals surface area contributed by atoms with Gasteiger partial charge < -0.3 is 19.5 Å². The van der Waals surface area contributed by atoms with E-state index < -0.39 is 0 Å². The Hall–Kier alpha value is -2.21. The van der Waals surface area contributed by atoms with Crippen molar-refractivity contribution in [2.24, 2.45) is 7.05 Å². The van der Waals surface area contributed by atoms with E-state index in [1.54, 1.807) is 26.0 Å². The summed E-state index contributed by atoms with van der Waals surface area (Å²) in [6, 6.07) is 5.60. The number of rotatable bonds is 6. The average molecular weight is 291 g/mol. The van der Waals surface area contributed by atoms with Crippen LogP contribution in [0, 0.1) is 0 Å². The number of hydrogen-bond acceptors (Lipinski definition) is 5. The van der Waals surface area contributed by atoms with Crippen molar-refractivity contribution >= 4 is 0 Å². The molecule has 0 saturated carbocycles. The number of benzene rings is 1. The molecule has 0 fully saturated rings. The SMILES string of the molecule is CNC(c1ccn(C)n1)c1cc(OC)c(OC)cc1OC. The lowest BCUT2D eigenvalue weighted by molar-refractivity contribution is 0.346. The zero-order chi connectivity index (χ0) is 15.4. The highest BCUT2D eigenvalue weighted by atomic mass is 16.5. The predicted octanol–water partition coefficient (Wildman–Crippen LogP) is 1.75. The third kappa shape index (κ3) is 2.95. The number of methoxy groups -OCH3 is 3. The van der Waals surface area contributed by atoms with Gasteiger partial charge in [-0.05, 0) is 19.2 Å². The minimum absolute atomic E-state index is 0.0963. The number of nitrogens with one attached hydrogen (secondary N) is 1. The zero-order valence-corrected chi connectivity index (χ0v) is 13.0. The van der Waals surface area contributed by atoms with Crippen LogP contribution in [-0.2, 0) is 7.05 Å². The molecule has 1 atom stereocenters. The number of ether oxygens (including phenoxy) is 3. The topological polar surface area (TPSA) is 57.5 Å². The Morgan fingerprint density at radius 1 is 1.05 bits per heavy atom. The molecule has 6 nitrogen and oxygen atoms in total. The van der Waals surface area contributed by atoms with Gasteiger partial charge in [-0.1, -0.05) is 0 Å². The fourth-order valence-electron chi connectivity index (χ4n) is 2.33. The molecule has 0 saturated heterocycles. The van der Waals surface area contributed by atoms with Crippen molar-refractivity contribution in [3.05, 3.63) is 35.7 Å². The molecule has 1 aromatic heterocycles. The number of aromatic nitrogens is 2. The van der Waals surface area contributed by atoms with Crippen LogP contribution < -0.4 is 19.5 Å². The van der Waals surface area contributed by atoms with Crippen LogP contribution in [0.2, 0.25) is 0 Å². The second kappa shape index (κ2) is 6.49. The van der Waals surface area contributed by atoms with E-state index in [0.29, 0.717) is 11.5 Å². The van der Waals surface area contributed by atoms with Gasteiger partial charge >= 0.3 is 0 Å². The van der Waals surface area contributed by atoms with E-state index >= 15 is 0 Å². The summed E-state index contributed by atoms with van der Waals surface area (Å²) in [4.78, 5) is 0. The Morgan fingerprint density at radius 3 is 2.14 bits per heavy atom. The molecule has 0 aliphatic carbocycles. The van der Waals surface area contributed by atoms with Crippen LogP contribution in [0.3, 0.4) is 0 Å². The van der Waals surface area contributed by atoms with Crippen molar-refractivity contribution in [1.29, 1.82) is 0 Å². The molecule has 1 aromatic carbocycles. The molecule has 0 bridgehead atoms. The van der Waals surface area contributed by atoms with Gasteiger partial charge in [0.1, 0.15) is 5.75 Å². The Morgan fingerprint density at radius 2 is 1.67 bits per heavy atom. The molecule has 6 heteroatoms. The normalized spacial score (nSPS) is 12.0. The maximum Gasteiger partial charge on any atom is 0.164 e. The van der Waals surface area contributed by atoms with E-state index in [1.165, 1.54) is 0 Å². The van der Waals surface area contributed by atoms with Gasteiger partial charge in [-0.2, -0.15) is 5.10 Å². The molecule has 21 heavy (non-hydrogen) atoms. The standard InChI is InChI=1S/C15H21N3O3/c1-16-15(11-6-7-18(2)17-11)10-8-13(20-4)14(21-5)9-12(10)19-3/h6-9,15-16H,1-5H3. The maximum atomic E-state index is 5.49. The van der Waals surface area contributed by atoms with Gasteiger partial charge in [0, 0.05) is 24.9 Å². The lowest BCUT2D eigenvalue weighted by atomic mass is 10.0. The molecule has 0 amide bonds. The predicted molar refractivity (Wildman–Crippen MR) is 80.2 cm³/mol.